The fourth-order valence-electron chi connectivity index (χ4n) is 5.39. The molecule has 0 heterocycles. The Morgan fingerprint density at radius 2 is 1.59 bits per heavy atom. The van der Waals surface area contributed by atoms with E-state index in [4.69, 9.17) is 16.3 Å². The van der Waals surface area contributed by atoms with Gasteiger partial charge in [-0.1, -0.05) is 49.9 Å². The molecule has 1 fully saturated rings. The van der Waals surface area contributed by atoms with Gasteiger partial charge in [0.05, 0.1) is 17.2 Å². The second-order valence-electron chi connectivity index (χ2n) is 10.8. The zero-order chi connectivity index (χ0) is 31.7. The van der Waals surface area contributed by atoms with Crippen molar-refractivity contribution in [3.63, 3.8) is 0 Å². The number of carbonyl (C=O) groups is 2. The molecule has 0 unspecified atom stereocenters. The van der Waals surface area contributed by atoms with E-state index < -0.39 is 34.3 Å². The molecule has 0 aromatic heterocycles. The van der Waals surface area contributed by atoms with E-state index in [1.807, 2.05) is 13.8 Å². The van der Waals surface area contributed by atoms with Crippen molar-refractivity contribution in [1.82, 2.24) is 10.2 Å². The predicted octanol–water partition coefficient (Wildman–Crippen LogP) is 6.33. The third-order valence-electron chi connectivity index (χ3n) is 7.72. The smallest absolute Gasteiger partial charge is 0.264 e. The zero-order valence-electron chi connectivity index (χ0n) is 25.0. The highest BCUT2D eigenvalue weighted by Crippen LogP contribution is 2.28. The second kappa shape index (κ2) is 15.4. The van der Waals surface area contributed by atoms with E-state index in [-0.39, 0.29) is 29.1 Å². The predicted molar refractivity (Wildman–Crippen MR) is 170 cm³/mol. The van der Waals surface area contributed by atoms with Gasteiger partial charge in [0.15, 0.2) is 0 Å². The van der Waals surface area contributed by atoms with Crippen LogP contribution in [0.25, 0.3) is 0 Å². The highest BCUT2D eigenvalue weighted by Gasteiger charge is 2.34. The van der Waals surface area contributed by atoms with Gasteiger partial charge in [0.25, 0.3) is 10.0 Å². The highest BCUT2D eigenvalue weighted by molar-refractivity contribution is 7.92. The van der Waals surface area contributed by atoms with Crippen molar-refractivity contribution in [3.05, 3.63) is 89.2 Å². The van der Waals surface area contributed by atoms with E-state index in [1.54, 1.807) is 36.4 Å². The minimum absolute atomic E-state index is 0.00613. The van der Waals surface area contributed by atoms with Crippen LogP contribution in [0.15, 0.2) is 77.7 Å². The molecule has 0 saturated heterocycles. The van der Waals surface area contributed by atoms with Gasteiger partial charge >= 0.3 is 0 Å². The molecule has 3 aromatic rings. The van der Waals surface area contributed by atoms with Crippen LogP contribution in [0.1, 0.15) is 57.9 Å². The van der Waals surface area contributed by atoms with Crippen LogP contribution in [-0.2, 0) is 26.2 Å². The molecule has 1 atom stereocenters. The summed E-state index contributed by atoms with van der Waals surface area (Å²) in [5.74, 6) is -0.742. The Morgan fingerprint density at radius 1 is 0.955 bits per heavy atom. The number of rotatable bonds is 13. The number of anilines is 1. The van der Waals surface area contributed by atoms with Gasteiger partial charge in [-0.25, -0.2) is 12.8 Å². The summed E-state index contributed by atoms with van der Waals surface area (Å²) in [6.07, 6.45) is 5.23. The fourth-order valence-corrected chi connectivity index (χ4v) is 6.93. The SMILES string of the molecule is CCOc1ccc(N(CC(=O)N(Cc2ccc(F)cc2)[C@@H](CC)C(=O)NC2CCCCC2)S(=O)(=O)c2ccc(Cl)cc2)cc1. The molecule has 4 rings (SSSR count). The quantitative estimate of drug-likeness (QED) is 0.235. The summed E-state index contributed by atoms with van der Waals surface area (Å²) in [6.45, 7) is 3.50. The third kappa shape index (κ3) is 8.51. The van der Waals surface area contributed by atoms with Crippen LogP contribution in [0, 0.1) is 5.82 Å². The van der Waals surface area contributed by atoms with E-state index in [1.165, 1.54) is 41.3 Å². The van der Waals surface area contributed by atoms with Gasteiger partial charge in [-0.2, -0.15) is 0 Å². The molecule has 0 aliphatic heterocycles. The first-order chi connectivity index (χ1) is 21.1. The molecule has 0 radical (unpaired) electrons. The van der Waals surface area contributed by atoms with E-state index in [0.29, 0.717) is 29.4 Å². The van der Waals surface area contributed by atoms with Gasteiger partial charge in [-0.3, -0.25) is 13.9 Å². The summed E-state index contributed by atoms with van der Waals surface area (Å²) in [6, 6.07) is 17.0. The summed E-state index contributed by atoms with van der Waals surface area (Å²) in [7, 11) is -4.24. The van der Waals surface area contributed by atoms with Gasteiger partial charge in [-0.05, 0) is 92.4 Å². The van der Waals surface area contributed by atoms with Crippen LogP contribution in [0.5, 0.6) is 5.75 Å². The van der Waals surface area contributed by atoms with E-state index in [9.17, 15) is 22.4 Å². The molecule has 44 heavy (non-hydrogen) atoms. The molecule has 236 valence electrons. The van der Waals surface area contributed by atoms with Crippen LogP contribution in [0.3, 0.4) is 0 Å². The maximum Gasteiger partial charge on any atom is 0.264 e. The van der Waals surface area contributed by atoms with Gasteiger partial charge < -0.3 is 15.0 Å². The normalized spacial score (nSPS) is 14.5. The van der Waals surface area contributed by atoms with Crippen molar-refractivity contribution in [3.8, 4) is 5.75 Å². The number of hydrogen-bond donors (Lipinski definition) is 1. The van der Waals surface area contributed by atoms with Crippen LogP contribution >= 0.6 is 11.6 Å². The summed E-state index contributed by atoms with van der Waals surface area (Å²) in [5.41, 5.74) is 0.857. The van der Waals surface area contributed by atoms with Crippen LogP contribution in [-0.4, -0.2) is 50.4 Å². The first-order valence-electron chi connectivity index (χ1n) is 15.0. The number of halogens is 2. The Hall–Kier alpha value is -3.63. The Balaban J connectivity index is 1.70. The Labute approximate surface area is 264 Å². The number of carbonyl (C=O) groups excluding carboxylic acids is 2. The molecule has 0 spiro atoms. The highest BCUT2D eigenvalue weighted by atomic mass is 35.5. The van der Waals surface area contributed by atoms with Gasteiger partial charge in [-0.15, -0.1) is 0 Å². The number of nitrogens with one attached hydrogen (secondary N) is 1. The van der Waals surface area contributed by atoms with Gasteiger partial charge in [0.1, 0.15) is 24.2 Å². The maximum absolute atomic E-state index is 14.2. The topological polar surface area (TPSA) is 96.0 Å². The number of sulfonamides is 1. The lowest BCUT2D eigenvalue weighted by atomic mass is 9.95. The van der Waals surface area contributed by atoms with Crippen LogP contribution < -0.4 is 14.4 Å². The average molecular weight is 644 g/mol. The lowest BCUT2D eigenvalue weighted by Gasteiger charge is -2.34. The Morgan fingerprint density at radius 3 is 2.18 bits per heavy atom. The number of hydrogen-bond acceptors (Lipinski definition) is 5. The number of amides is 2. The van der Waals surface area contributed by atoms with Crippen molar-refractivity contribution in [2.24, 2.45) is 0 Å². The molecule has 1 N–H and O–H groups in total. The monoisotopic (exact) mass is 643 g/mol. The first kappa shape index (κ1) is 33.3. The minimum atomic E-state index is -4.24. The van der Waals surface area contributed by atoms with Crippen LogP contribution in [0.2, 0.25) is 5.02 Å². The van der Waals surface area contributed by atoms with Gasteiger partial charge in [0, 0.05) is 17.6 Å². The van der Waals surface area contributed by atoms with Crippen molar-refractivity contribution < 1.29 is 27.1 Å². The summed E-state index contributed by atoms with van der Waals surface area (Å²) < 4.78 is 48.3. The van der Waals surface area contributed by atoms with E-state index >= 15 is 0 Å². The number of benzene rings is 3. The van der Waals surface area contributed by atoms with Crippen molar-refractivity contribution in [2.45, 2.75) is 75.9 Å². The van der Waals surface area contributed by atoms with E-state index in [2.05, 4.69) is 5.32 Å². The van der Waals surface area contributed by atoms with Crippen molar-refractivity contribution >= 4 is 39.1 Å². The largest absolute Gasteiger partial charge is 0.494 e. The Bertz CT molecular complexity index is 1500. The molecule has 3 aromatic carbocycles. The molecule has 11 heteroatoms. The number of nitrogens with zero attached hydrogens (tertiary/aromatic N) is 2. The molecule has 1 aliphatic carbocycles. The summed E-state index contributed by atoms with van der Waals surface area (Å²) in [5, 5.41) is 3.48. The summed E-state index contributed by atoms with van der Waals surface area (Å²) >= 11 is 6.02. The lowest BCUT2D eigenvalue weighted by Crippen LogP contribution is -2.54. The summed E-state index contributed by atoms with van der Waals surface area (Å²) in [4.78, 5) is 29.2. The van der Waals surface area contributed by atoms with Gasteiger partial charge in [0.2, 0.25) is 11.8 Å². The zero-order valence-corrected chi connectivity index (χ0v) is 26.6. The lowest BCUT2D eigenvalue weighted by molar-refractivity contribution is -0.140. The second-order valence-corrected chi connectivity index (χ2v) is 13.1. The van der Waals surface area contributed by atoms with Crippen LogP contribution in [0.4, 0.5) is 10.1 Å². The molecule has 1 saturated carbocycles. The minimum Gasteiger partial charge on any atom is -0.494 e. The van der Waals surface area contributed by atoms with E-state index in [0.717, 1.165) is 36.4 Å². The third-order valence-corrected chi connectivity index (χ3v) is 9.76. The molecule has 2 amide bonds. The molecular weight excluding hydrogens is 605 g/mol. The fraction of sp³-hybridized carbons (Fsp3) is 0.394. The maximum atomic E-state index is 14.2. The molecule has 1 aliphatic rings. The molecule has 8 nitrogen and oxygen atoms in total. The first-order valence-corrected chi connectivity index (χ1v) is 16.8. The molecule has 0 bridgehead atoms. The number of ether oxygens (including phenoxy) is 1. The van der Waals surface area contributed by atoms with Crippen molar-refractivity contribution in [2.75, 3.05) is 17.5 Å². The molecular formula is C33H39ClFN3O5S. The Kier molecular flexibility index (Phi) is 11.6. The van der Waals surface area contributed by atoms with Crippen molar-refractivity contribution in [1.29, 1.82) is 0 Å². The standard InChI is InChI=1S/C33H39ClFN3O5S/c1-3-31(33(40)36-27-8-6-5-7-9-27)37(22-24-10-14-26(35)15-11-24)32(39)23-38(28-16-18-29(19-17-28)43-4-2)44(41,42)30-20-12-25(34)13-21-30/h10-21,27,31H,3-9,22-23H2,1-2H3,(H,36,40)/t31-/m0/s1. The average Bonchev–Trinajstić information content (AvgIpc) is 3.02.